The minimum atomic E-state index is 0.500. The third kappa shape index (κ3) is 2.13. The fourth-order valence-electron chi connectivity index (χ4n) is 3.17. The van der Waals surface area contributed by atoms with E-state index in [4.69, 9.17) is 16.4 Å². The molecule has 0 aliphatic carbocycles. The monoisotopic (exact) mass is 264 g/mol. The van der Waals surface area contributed by atoms with E-state index in [1.54, 1.807) is 7.11 Å². The predicted molar refractivity (Wildman–Crippen MR) is 73.2 cm³/mol. The lowest BCUT2D eigenvalue weighted by atomic mass is 9.81. The maximum atomic E-state index is 5.96. The average Bonchev–Trinajstić information content (AvgIpc) is 2.69. The second kappa shape index (κ2) is 4.90. The summed E-state index contributed by atoms with van der Waals surface area (Å²) in [4.78, 5) is 7.43. The van der Waals surface area contributed by atoms with E-state index in [9.17, 15) is 0 Å². The summed E-state index contributed by atoms with van der Waals surface area (Å²) >= 11 is 5.96. The molecule has 96 valence electrons. The molecule has 3 nitrogen and oxygen atoms in total. The first-order valence-corrected chi connectivity index (χ1v) is 6.73. The van der Waals surface area contributed by atoms with Gasteiger partial charge in [0.15, 0.2) is 0 Å². The van der Waals surface area contributed by atoms with Gasteiger partial charge in [-0.3, -0.25) is 4.90 Å². The standard InChI is InChI=1S/C14H17ClN2O/c1-18-16-14-9-17-7-6-12(13(14)8-17)10-2-4-11(15)5-3-10/h2-5,12-13H,6-9H2,1H3/t12-,13?/m0/s1. The van der Waals surface area contributed by atoms with Gasteiger partial charge in [0.25, 0.3) is 0 Å². The Morgan fingerprint density at radius 2 is 2.06 bits per heavy atom. The zero-order valence-corrected chi connectivity index (χ0v) is 11.2. The topological polar surface area (TPSA) is 24.8 Å². The smallest absolute Gasteiger partial charge is 0.106 e. The number of fused-ring (bicyclic) bond motifs is 2. The summed E-state index contributed by atoms with van der Waals surface area (Å²) in [5, 5.41) is 5.01. The molecule has 3 rings (SSSR count). The SMILES string of the molecule is CON=C1CN2CC[C@@H](c3ccc(Cl)cc3)C1C2. The number of piperidine rings is 1. The van der Waals surface area contributed by atoms with Gasteiger partial charge in [-0.15, -0.1) is 0 Å². The summed E-state index contributed by atoms with van der Waals surface area (Å²) in [6.07, 6.45) is 1.19. The third-order valence-electron chi connectivity index (χ3n) is 4.02. The number of hydrogen-bond acceptors (Lipinski definition) is 3. The Morgan fingerprint density at radius 1 is 1.28 bits per heavy atom. The highest BCUT2D eigenvalue weighted by atomic mass is 35.5. The summed E-state index contributed by atoms with van der Waals surface area (Å²) in [5.74, 6) is 1.05. The molecular formula is C14H17ClN2O. The first-order valence-electron chi connectivity index (χ1n) is 6.35. The normalized spacial score (nSPS) is 32.8. The average molecular weight is 265 g/mol. The molecule has 0 radical (unpaired) electrons. The molecule has 0 amide bonds. The minimum Gasteiger partial charge on any atom is -0.399 e. The maximum absolute atomic E-state index is 5.96. The Hall–Kier alpha value is -1.06. The van der Waals surface area contributed by atoms with Crippen molar-refractivity contribution in [3.63, 3.8) is 0 Å². The molecule has 2 bridgehead atoms. The van der Waals surface area contributed by atoms with Crippen molar-refractivity contribution >= 4 is 17.3 Å². The van der Waals surface area contributed by atoms with Gasteiger partial charge in [0.1, 0.15) is 7.11 Å². The molecule has 0 saturated carbocycles. The lowest BCUT2D eigenvalue weighted by Gasteiger charge is -2.30. The van der Waals surface area contributed by atoms with Gasteiger partial charge in [-0.25, -0.2) is 0 Å². The number of halogens is 1. The summed E-state index contributed by atoms with van der Waals surface area (Å²) in [7, 11) is 1.63. The summed E-state index contributed by atoms with van der Waals surface area (Å²) in [6, 6.07) is 8.24. The summed E-state index contributed by atoms with van der Waals surface area (Å²) in [6.45, 7) is 3.21. The van der Waals surface area contributed by atoms with Crippen LogP contribution in [0.25, 0.3) is 0 Å². The van der Waals surface area contributed by atoms with Crippen LogP contribution in [0.5, 0.6) is 0 Å². The van der Waals surface area contributed by atoms with Crippen molar-refractivity contribution in [2.45, 2.75) is 12.3 Å². The molecule has 3 atom stereocenters. The van der Waals surface area contributed by atoms with Crippen LogP contribution in [-0.2, 0) is 4.84 Å². The lowest BCUT2D eigenvalue weighted by Crippen LogP contribution is -2.31. The quantitative estimate of drug-likeness (QED) is 0.768. The molecule has 0 N–H and O–H groups in total. The second-order valence-corrected chi connectivity index (χ2v) is 5.49. The summed E-state index contributed by atoms with van der Waals surface area (Å²) in [5.41, 5.74) is 2.56. The molecule has 2 unspecified atom stereocenters. The van der Waals surface area contributed by atoms with Crippen LogP contribution in [0.3, 0.4) is 0 Å². The van der Waals surface area contributed by atoms with Gasteiger partial charge in [-0.2, -0.15) is 0 Å². The Kier molecular flexibility index (Phi) is 3.27. The molecule has 1 aromatic rings. The highest BCUT2D eigenvalue weighted by Crippen LogP contribution is 2.38. The van der Waals surface area contributed by atoms with Crippen molar-refractivity contribution in [2.24, 2.45) is 11.1 Å². The number of hydrogen-bond donors (Lipinski definition) is 0. The highest BCUT2D eigenvalue weighted by Gasteiger charge is 2.40. The van der Waals surface area contributed by atoms with Gasteiger partial charge in [0.2, 0.25) is 0 Å². The van der Waals surface area contributed by atoms with Gasteiger partial charge in [0.05, 0.1) is 5.71 Å². The number of nitrogens with zero attached hydrogens (tertiary/aromatic N) is 2. The maximum Gasteiger partial charge on any atom is 0.106 e. The van der Waals surface area contributed by atoms with Crippen molar-refractivity contribution in [3.05, 3.63) is 34.9 Å². The van der Waals surface area contributed by atoms with Crippen molar-refractivity contribution in [1.82, 2.24) is 4.90 Å². The van der Waals surface area contributed by atoms with Crippen LogP contribution in [-0.4, -0.2) is 37.4 Å². The van der Waals surface area contributed by atoms with Gasteiger partial charge in [-0.1, -0.05) is 28.9 Å². The lowest BCUT2D eigenvalue weighted by molar-refractivity contribution is 0.210. The van der Waals surface area contributed by atoms with E-state index in [1.807, 2.05) is 12.1 Å². The van der Waals surface area contributed by atoms with Crippen molar-refractivity contribution in [3.8, 4) is 0 Å². The van der Waals surface area contributed by atoms with Crippen LogP contribution in [0.1, 0.15) is 17.9 Å². The van der Waals surface area contributed by atoms with E-state index in [1.165, 1.54) is 17.7 Å². The van der Waals surface area contributed by atoms with E-state index >= 15 is 0 Å². The summed E-state index contributed by atoms with van der Waals surface area (Å²) < 4.78 is 0. The highest BCUT2D eigenvalue weighted by molar-refractivity contribution is 6.30. The molecule has 4 heteroatoms. The number of oxime groups is 1. The van der Waals surface area contributed by atoms with Gasteiger partial charge < -0.3 is 4.84 Å². The van der Waals surface area contributed by atoms with Crippen LogP contribution in [0.4, 0.5) is 0 Å². The Labute approximate surface area is 112 Å². The molecule has 1 aromatic carbocycles. The molecule has 2 aliphatic rings. The first-order chi connectivity index (χ1) is 8.78. The van der Waals surface area contributed by atoms with Gasteiger partial charge in [0, 0.05) is 24.0 Å². The van der Waals surface area contributed by atoms with Crippen LogP contribution < -0.4 is 0 Å². The molecule has 2 heterocycles. The Bertz CT molecular complexity index is 457. The van der Waals surface area contributed by atoms with E-state index in [0.717, 1.165) is 24.7 Å². The zero-order chi connectivity index (χ0) is 12.5. The van der Waals surface area contributed by atoms with E-state index in [-0.39, 0.29) is 0 Å². The van der Waals surface area contributed by atoms with Crippen molar-refractivity contribution < 1.29 is 4.84 Å². The van der Waals surface area contributed by atoms with Crippen LogP contribution in [0.15, 0.2) is 29.4 Å². The fraction of sp³-hybridized carbons (Fsp3) is 0.500. The molecule has 0 aromatic heterocycles. The minimum absolute atomic E-state index is 0.500. The van der Waals surface area contributed by atoms with Crippen molar-refractivity contribution in [1.29, 1.82) is 0 Å². The number of benzene rings is 1. The Balaban J connectivity index is 1.88. The largest absolute Gasteiger partial charge is 0.399 e. The second-order valence-electron chi connectivity index (χ2n) is 5.05. The number of rotatable bonds is 2. The fourth-order valence-corrected chi connectivity index (χ4v) is 3.30. The molecule has 0 spiro atoms. The van der Waals surface area contributed by atoms with Crippen molar-refractivity contribution in [2.75, 3.05) is 26.7 Å². The first kappa shape index (κ1) is 12.0. The third-order valence-corrected chi connectivity index (χ3v) is 4.27. The van der Waals surface area contributed by atoms with Gasteiger partial charge in [-0.05, 0) is 36.6 Å². The van der Waals surface area contributed by atoms with Crippen LogP contribution in [0, 0.1) is 5.92 Å². The van der Waals surface area contributed by atoms with E-state index < -0.39 is 0 Å². The van der Waals surface area contributed by atoms with Gasteiger partial charge >= 0.3 is 0 Å². The zero-order valence-electron chi connectivity index (χ0n) is 10.5. The van der Waals surface area contributed by atoms with E-state index in [2.05, 4.69) is 22.2 Å². The molecular weight excluding hydrogens is 248 g/mol. The van der Waals surface area contributed by atoms with E-state index in [0.29, 0.717) is 11.8 Å². The molecule has 2 aliphatic heterocycles. The molecule has 18 heavy (non-hydrogen) atoms. The molecule has 2 saturated heterocycles. The Morgan fingerprint density at radius 3 is 2.78 bits per heavy atom. The molecule has 2 fully saturated rings. The van der Waals surface area contributed by atoms with Crippen LogP contribution >= 0.6 is 11.6 Å². The predicted octanol–water partition coefficient (Wildman–Crippen LogP) is 2.76. The van der Waals surface area contributed by atoms with Crippen LogP contribution in [0.2, 0.25) is 5.02 Å².